The third-order valence-corrected chi connectivity index (χ3v) is 3.96. The zero-order valence-electron chi connectivity index (χ0n) is 13.3. The predicted molar refractivity (Wildman–Crippen MR) is 101 cm³/mol. The molecule has 0 radical (unpaired) electrons. The van der Waals surface area contributed by atoms with Crippen LogP contribution in [0.3, 0.4) is 0 Å². The molecule has 0 saturated heterocycles. The molecule has 122 valence electrons. The Kier molecular flexibility index (Phi) is 6.37. The number of benzene rings is 2. The molecule has 1 aromatic heterocycles. The van der Waals surface area contributed by atoms with Crippen molar-refractivity contribution in [1.82, 2.24) is 4.57 Å². The molecule has 3 aromatic rings. The second kappa shape index (κ2) is 8.30. The molecule has 0 saturated carbocycles. The summed E-state index contributed by atoms with van der Waals surface area (Å²) in [6.07, 6.45) is 0. The molecule has 0 unspecified atom stereocenters. The molecule has 1 heterocycles. The first-order valence-corrected chi connectivity index (χ1v) is 7.75. The summed E-state index contributed by atoms with van der Waals surface area (Å²) < 4.78 is 1.88. The average molecular weight is 343 g/mol. The van der Waals surface area contributed by atoms with E-state index in [9.17, 15) is 14.7 Å². The van der Waals surface area contributed by atoms with Crippen LogP contribution in [0.25, 0.3) is 22.5 Å². The fraction of sp³-hybridized carbons (Fsp3) is 0.100. The second-order valence-corrected chi connectivity index (χ2v) is 5.40. The van der Waals surface area contributed by atoms with E-state index in [0.29, 0.717) is 23.5 Å². The van der Waals surface area contributed by atoms with Crippen LogP contribution in [-0.2, 0) is 6.54 Å². The number of rotatable bonds is 4. The number of aromatic carboxylic acids is 1. The Morgan fingerprint density at radius 3 is 1.96 bits per heavy atom. The van der Waals surface area contributed by atoms with Gasteiger partial charge in [-0.1, -0.05) is 60.7 Å². The zero-order valence-corrected chi connectivity index (χ0v) is 13.3. The summed E-state index contributed by atoms with van der Waals surface area (Å²) in [5.74, 6) is -1.21. The topological polar surface area (TPSA) is 59.3 Å². The van der Waals surface area contributed by atoms with Gasteiger partial charge in [0.2, 0.25) is 0 Å². The van der Waals surface area contributed by atoms with Crippen molar-refractivity contribution in [2.75, 3.05) is 0 Å². The monoisotopic (exact) mass is 343 g/mol. The number of hydrogen-bond donors (Lipinski definition) is 1. The summed E-state index contributed by atoms with van der Waals surface area (Å²) in [5, 5.41) is 9.58. The molecule has 2 aromatic carbocycles. The molecule has 3 rings (SSSR count). The quantitative estimate of drug-likeness (QED) is 0.740. The molecule has 5 heteroatoms. The van der Waals surface area contributed by atoms with E-state index in [1.54, 1.807) is 0 Å². The van der Waals surface area contributed by atoms with Gasteiger partial charge < -0.3 is 9.67 Å². The summed E-state index contributed by atoms with van der Waals surface area (Å²) in [6, 6.07) is 20.1. The first kappa shape index (κ1) is 19.2. The zero-order chi connectivity index (χ0) is 17.1. The Labute approximate surface area is 168 Å². The minimum atomic E-state index is -1.21. The van der Waals surface area contributed by atoms with Gasteiger partial charge in [0.25, 0.3) is 0 Å². The van der Waals surface area contributed by atoms with Gasteiger partial charge in [0.05, 0.1) is 11.4 Å². The van der Waals surface area contributed by atoms with Crippen LogP contribution in [0.2, 0.25) is 0 Å². The Bertz CT molecular complexity index is 934. The molecule has 25 heavy (non-hydrogen) atoms. The third kappa shape index (κ3) is 3.76. The van der Waals surface area contributed by atoms with E-state index in [1.807, 2.05) is 72.2 Å². The molecule has 0 aliphatic heterocycles. The number of aromatic nitrogens is 1. The van der Waals surface area contributed by atoms with Gasteiger partial charge in [-0.25, -0.2) is 4.79 Å². The first-order chi connectivity index (χ1) is 11.6. The van der Waals surface area contributed by atoms with Crippen molar-refractivity contribution in [3.63, 3.8) is 0 Å². The molecule has 4 nitrogen and oxygen atoms in total. The number of carboxylic acids is 1. The van der Waals surface area contributed by atoms with E-state index in [4.69, 9.17) is 0 Å². The number of carboxylic acid groups (broad SMARTS) is 1. The number of carbonyl (C=O) groups is 1. The van der Waals surface area contributed by atoms with E-state index in [-0.39, 0.29) is 35.1 Å². The van der Waals surface area contributed by atoms with Crippen molar-refractivity contribution in [3.05, 3.63) is 82.5 Å². The van der Waals surface area contributed by atoms with E-state index >= 15 is 0 Å². The van der Waals surface area contributed by atoms with E-state index in [1.165, 1.54) is 6.07 Å². The van der Waals surface area contributed by atoms with Crippen molar-refractivity contribution in [2.24, 2.45) is 0 Å². The van der Waals surface area contributed by atoms with Gasteiger partial charge in [-0.05, 0) is 18.1 Å². The Hall–Kier alpha value is -2.14. The summed E-state index contributed by atoms with van der Waals surface area (Å²) >= 11 is 0. The molecular formula is C20H18NNaO3. The van der Waals surface area contributed by atoms with E-state index < -0.39 is 11.4 Å². The van der Waals surface area contributed by atoms with Gasteiger partial charge in [0, 0.05) is 12.6 Å². The molecular weight excluding hydrogens is 325 g/mol. The second-order valence-electron chi connectivity index (χ2n) is 5.40. The Morgan fingerprint density at radius 1 is 0.960 bits per heavy atom. The normalized spacial score (nSPS) is 10.1. The van der Waals surface area contributed by atoms with Crippen LogP contribution >= 0.6 is 0 Å². The van der Waals surface area contributed by atoms with E-state index in [2.05, 4.69) is 0 Å². The molecule has 0 aliphatic rings. The van der Waals surface area contributed by atoms with Crippen molar-refractivity contribution in [1.29, 1.82) is 0 Å². The van der Waals surface area contributed by atoms with Crippen LogP contribution in [0.4, 0.5) is 0 Å². The van der Waals surface area contributed by atoms with Crippen LogP contribution in [-0.4, -0.2) is 45.2 Å². The number of hydrogen-bond acceptors (Lipinski definition) is 2. The molecule has 0 fully saturated rings. The summed E-state index contributed by atoms with van der Waals surface area (Å²) in [6.45, 7) is 2.49. The molecule has 0 amide bonds. The summed E-state index contributed by atoms with van der Waals surface area (Å²) in [5.41, 5.74) is 2.08. The SMILES string of the molecule is CCn1c(-c2ccccc2)cc(=O)c(C(=O)O)c1-c1ccccc1.[NaH]. The maximum absolute atomic E-state index is 12.5. The summed E-state index contributed by atoms with van der Waals surface area (Å²) in [7, 11) is 0. The van der Waals surface area contributed by atoms with Crippen molar-refractivity contribution in [3.8, 4) is 22.5 Å². The van der Waals surface area contributed by atoms with Gasteiger partial charge >= 0.3 is 35.5 Å². The molecule has 1 N–H and O–H groups in total. The van der Waals surface area contributed by atoms with Gasteiger partial charge in [-0.2, -0.15) is 0 Å². The summed E-state index contributed by atoms with van der Waals surface area (Å²) in [4.78, 5) is 24.2. The number of nitrogens with zero attached hydrogens (tertiary/aromatic N) is 1. The van der Waals surface area contributed by atoms with Gasteiger partial charge in [-0.3, -0.25) is 4.79 Å². The van der Waals surface area contributed by atoms with Crippen LogP contribution < -0.4 is 5.43 Å². The van der Waals surface area contributed by atoms with Crippen LogP contribution in [0, 0.1) is 0 Å². The number of pyridine rings is 1. The Morgan fingerprint density at radius 2 is 1.48 bits per heavy atom. The molecule has 0 spiro atoms. The van der Waals surface area contributed by atoms with Crippen LogP contribution in [0.5, 0.6) is 0 Å². The Balaban J connectivity index is 0.00000225. The van der Waals surface area contributed by atoms with Crippen molar-refractivity contribution < 1.29 is 9.90 Å². The maximum atomic E-state index is 12.5. The third-order valence-electron chi connectivity index (χ3n) is 3.96. The fourth-order valence-electron chi connectivity index (χ4n) is 2.93. The van der Waals surface area contributed by atoms with E-state index in [0.717, 1.165) is 5.56 Å². The van der Waals surface area contributed by atoms with Crippen molar-refractivity contribution in [2.45, 2.75) is 13.5 Å². The predicted octanol–water partition coefficient (Wildman–Crippen LogP) is 3.25. The fourth-order valence-corrected chi connectivity index (χ4v) is 2.93. The molecule has 0 bridgehead atoms. The first-order valence-electron chi connectivity index (χ1n) is 7.75. The van der Waals surface area contributed by atoms with Crippen molar-refractivity contribution >= 4 is 35.5 Å². The minimum absolute atomic E-state index is 0. The van der Waals surface area contributed by atoms with Crippen LogP contribution in [0.1, 0.15) is 17.3 Å². The van der Waals surface area contributed by atoms with Gasteiger partial charge in [0.1, 0.15) is 5.56 Å². The van der Waals surface area contributed by atoms with Gasteiger partial charge in [0.15, 0.2) is 5.43 Å². The van der Waals surface area contributed by atoms with Gasteiger partial charge in [-0.15, -0.1) is 0 Å². The standard InChI is InChI=1S/C20H17NO3.Na.H/c1-2-21-16(14-9-5-3-6-10-14)13-17(22)18(20(23)24)19(21)15-11-7-4-8-12-15;;/h3-13H,2H2,1H3,(H,23,24);;. The molecule has 0 aliphatic carbocycles. The van der Waals surface area contributed by atoms with Crippen LogP contribution in [0.15, 0.2) is 71.5 Å². The molecule has 0 atom stereocenters. The average Bonchev–Trinajstić information content (AvgIpc) is 2.62.